The molecular formula is C19H21BrN2O3. The molecule has 0 aliphatic rings. The van der Waals surface area contributed by atoms with Gasteiger partial charge in [0.15, 0.2) is 0 Å². The van der Waals surface area contributed by atoms with Gasteiger partial charge in [-0.25, -0.2) is 0 Å². The summed E-state index contributed by atoms with van der Waals surface area (Å²) in [4.78, 5) is 25.6. The lowest BCUT2D eigenvalue weighted by atomic mass is 10.1. The molecule has 2 rings (SSSR count). The van der Waals surface area contributed by atoms with E-state index in [-0.39, 0.29) is 11.8 Å². The lowest BCUT2D eigenvalue weighted by molar-refractivity contribution is -0.127. The summed E-state index contributed by atoms with van der Waals surface area (Å²) in [5.41, 5.74) is 2.11. The van der Waals surface area contributed by atoms with E-state index in [1.54, 1.807) is 49.3 Å². The number of hydrogen-bond donors (Lipinski definition) is 1. The highest BCUT2D eigenvalue weighted by Gasteiger charge is 2.10. The Balaban J connectivity index is 2.03. The number of nitrogens with one attached hydrogen (secondary N) is 1. The Kier molecular flexibility index (Phi) is 6.58. The SMILES string of the molecule is CCOc1ccc(C(=O)Nc2ccc(CC(=O)N(C)C)cc2)cc1Br. The van der Waals surface area contributed by atoms with Crippen molar-refractivity contribution in [3.63, 3.8) is 0 Å². The van der Waals surface area contributed by atoms with Crippen LogP contribution in [0.3, 0.4) is 0 Å². The zero-order chi connectivity index (χ0) is 18.4. The molecular weight excluding hydrogens is 384 g/mol. The van der Waals surface area contributed by atoms with Crippen LogP contribution in [0.4, 0.5) is 5.69 Å². The summed E-state index contributed by atoms with van der Waals surface area (Å²) < 4.78 is 6.18. The van der Waals surface area contributed by atoms with E-state index in [0.29, 0.717) is 30.0 Å². The van der Waals surface area contributed by atoms with Crippen LogP contribution in [0.25, 0.3) is 0 Å². The second-order valence-electron chi connectivity index (χ2n) is 5.69. The Morgan fingerprint density at radius 2 is 1.80 bits per heavy atom. The monoisotopic (exact) mass is 404 g/mol. The van der Waals surface area contributed by atoms with Gasteiger partial charge in [-0.3, -0.25) is 9.59 Å². The molecule has 0 aliphatic heterocycles. The molecule has 132 valence electrons. The van der Waals surface area contributed by atoms with Gasteiger partial charge < -0.3 is 15.0 Å². The first-order valence-electron chi connectivity index (χ1n) is 7.93. The van der Waals surface area contributed by atoms with Gasteiger partial charge in [0.2, 0.25) is 5.91 Å². The van der Waals surface area contributed by atoms with Crippen LogP contribution in [0, 0.1) is 0 Å². The molecule has 0 fully saturated rings. The van der Waals surface area contributed by atoms with Crippen LogP contribution in [0.15, 0.2) is 46.9 Å². The summed E-state index contributed by atoms with van der Waals surface area (Å²) in [6.45, 7) is 2.47. The first kappa shape index (κ1) is 19.0. The van der Waals surface area contributed by atoms with E-state index in [4.69, 9.17) is 4.74 Å². The summed E-state index contributed by atoms with van der Waals surface area (Å²) in [6.07, 6.45) is 0.340. The highest BCUT2D eigenvalue weighted by atomic mass is 79.9. The molecule has 0 aromatic heterocycles. The lowest BCUT2D eigenvalue weighted by Gasteiger charge is -2.11. The topological polar surface area (TPSA) is 58.6 Å². The van der Waals surface area contributed by atoms with E-state index < -0.39 is 0 Å². The van der Waals surface area contributed by atoms with Crippen molar-refractivity contribution < 1.29 is 14.3 Å². The van der Waals surface area contributed by atoms with Crippen LogP contribution < -0.4 is 10.1 Å². The van der Waals surface area contributed by atoms with Gasteiger partial charge in [-0.05, 0) is 58.7 Å². The Morgan fingerprint density at radius 3 is 2.36 bits per heavy atom. The van der Waals surface area contributed by atoms with Crippen LogP contribution in [0.2, 0.25) is 0 Å². The largest absolute Gasteiger partial charge is 0.493 e. The number of hydrogen-bond acceptors (Lipinski definition) is 3. The molecule has 0 unspecified atom stereocenters. The lowest BCUT2D eigenvalue weighted by Crippen LogP contribution is -2.23. The summed E-state index contributed by atoms with van der Waals surface area (Å²) in [5.74, 6) is 0.533. The van der Waals surface area contributed by atoms with Gasteiger partial charge in [-0.15, -0.1) is 0 Å². The number of benzene rings is 2. The summed E-state index contributed by atoms with van der Waals surface area (Å²) in [5, 5.41) is 2.84. The molecule has 0 atom stereocenters. The van der Waals surface area contributed by atoms with Crippen molar-refractivity contribution in [1.29, 1.82) is 0 Å². The van der Waals surface area contributed by atoms with E-state index in [1.807, 2.05) is 19.1 Å². The quantitative estimate of drug-likeness (QED) is 0.797. The molecule has 2 aromatic rings. The van der Waals surface area contributed by atoms with E-state index in [1.165, 1.54) is 0 Å². The van der Waals surface area contributed by atoms with E-state index >= 15 is 0 Å². The van der Waals surface area contributed by atoms with Gasteiger partial charge in [-0.1, -0.05) is 12.1 Å². The number of ether oxygens (including phenoxy) is 1. The number of carbonyl (C=O) groups excluding carboxylic acids is 2. The molecule has 1 N–H and O–H groups in total. The maximum atomic E-state index is 12.4. The Bertz CT molecular complexity index is 758. The molecule has 0 radical (unpaired) electrons. The van der Waals surface area contributed by atoms with Crippen LogP contribution in [-0.4, -0.2) is 37.4 Å². The van der Waals surface area contributed by atoms with Crippen LogP contribution in [-0.2, 0) is 11.2 Å². The Morgan fingerprint density at radius 1 is 1.12 bits per heavy atom. The molecule has 0 bridgehead atoms. The van der Waals surface area contributed by atoms with E-state index in [0.717, 1.165) is 10.0 Å². The van der Waals surface area contributed by atoms with Gasteiger partial charge in [0, 0.05) is 25.3 Å². The number of halogens is 1. The van der Waals surface area contributed by atoms with Crippen molar-refractivity contribution in [2.75, 3.05) is 26.0 Å². The number of likely N-dealkylation sites (N-methyl/N-ethyl adjacent to an activating group) is 1. The zero-order valence-corrected chi connectivity index (χ0v) is 16.1. The van der Waals surface area contributed by atoms with Crippen LogP contribution in [0.5, 0.6) is 5.75 Å². The average Bonchev–Trinajstić information content (AvgIpc) is 2.58. The first-order chi connectivity index (χ1) is 11.9. The second-order valence-corrected chi connectivity index (χ2v) is 6.55. The first-order valence-corrected chi connectivity index (χ1v) is 8.72. The average molecular weight is 405 g/mol. The van der Waals surface area contributed by atoms with Gasteiger partial charge in [0.1, 0.15) is 5.75 Å². The predicted octanol–water partition coefficient (Wildman–Crippen LogP) is 3.73. The molecule has 0 heterocycles. The summed E-state index contributed by atoms with van der Waals surface area (Å²) in [7, 11) is 3.46. The van der Waals surface area contributed by atoms with Crippen molar-refractivity contribution >= 4 is 33.4 Å². The van der Waals surface area contributed by atoms with Crippen molar-refractivity contribution in [3.05, 3.63) is 58.1 Å². The molecule has 2 amide bonds. The summed E-state index contributed by atoms with van der Waals surface area (Å²) in [6, 6.07) is 12.5. The van der Waals surface area contributed by atoms with Crippen LogP contribution in [0.1, 0.15) is 22.8 Å². The van der Waals surface area contributed by atoms with Crippen LogP contribution >= 0.6 is 15.9 Å². The third kappa shape index (κ3) is 5.32. The molecule has 2 aromatic carbocycles. The van der Waals surface area contributed by atoms with E-state index in [2.05, 4.69) is 21.2 Å². The highest BCUT2D eigenvalue weighted by molar-refractivity contribution is 9.10. The number of nitrogens with zero attached hydrogens (tertiary/aromatic N) is 1. The number of rotatable bonds is 6. The second kappa shape index (κ2) is 8.67. The fraction of sp³-hybridized carbons (Fsp3) is 0.263. The molecule has 0 aliphatic carbocycles. The van der Waals surface area contributed by atoms with Gasteiger partial charge in [0.25, 0.3) is 5.91 Å². The molecule has 0 saturated heterocycles. The number of anilines is 1. The Labute approximate surface area is 156 Å². The van der Waals surface area contributed by atoms with Crippen molar-refractivity contribution in [1.82, 2.24) is 4.90 Å². The molecule has 25 heavy (non-hydrogen) atoms. The van der Waals surface area contributed by atoms with Gasteiger partial charge >= 0.3 is 0 Å². The molecule has 0 saturated carbocycles. The smallest absolute Gasteiger partial charge is 0.255 e. The standard InChI is InChI=1S/C19H21BrN2O3/c1-4-25-17-10-7-14(12-16(17)20)19(24)21-15-8-5-13(6-9-15)11-18(23)22(2)3/h5-10,12H,4,11H2,1-3H3,(H,21,24). The minimum absolute atomic E-state index is 0.0380. The normalized spacial score (nSPS) is 10.2. The van der Waals surface area contributed by atoms with E-state index in [9.17, 15) is 9.59 Å². The van der Waals surface area contributed by atoms with Gasteiger partial charge in [-0.2, -0.15) is 0 Å². The number of carbonyl (C=O) groups is 2. The Hall–Kier alpha value is -2.34. The molecule has 5 nitrogen and oxygen atoms in total. The summed E-state index contributed by atoms with van der Waals surface area (Å²) >= 11 is 3.40. The fourth-order valence-corrected chi connectivity index (χ4v) is 2.65. The zero-order valence-electron chi connectivity index (χ0n) is 14.5. The molecule has 6 heteroatoms. The predicted molar refractivity (Wildman–Crippen MR) is 102 cm³/mol. The maximum absolute atomic E-state index is 12.4. The maximum Gasteiger partial charge on any atom is 0.255 e. The van der Waals surface area contributed by atoms with Crippen molar-refractivity contribution in [2.45, 2.75) is 13.3 Å². The highest BCUT2D eigenvalue weighted by Crippen LogP contribution is 2.26. The number of amides is 2. The fourth-order valence-electron chi connectivity index (χ4n) is 2.16. The van der Waals surface area contributed by atoms with Gasteiger partial charge in [0.05, 0.1) is 17.5 Å². The minimum atomic E-state index is -0.208. The van der Waals surface area contributed by atoms with Crippen molar-refractivity contribution in [2.24, 2.45) is 0 Å². The molecule has 0 spiro atoms. The minimum Gasteiger partial charge on any atom is -0.493 e. The third-order valence-corrected chi connectivity index (χ3v) is 4.18. The third-order valence-electron chi connectivity index (χ3n) is 3.56. The van der Waals surface area contributed by atoms with Crippen molar-refractivity contribution in [3.8, 4) is 5.75 Å².